The van der Waals surface area contributed by atoms with Crippen LogP contribution in [0.5, 0.6) is 0 Å². The van der Waals surface area contributed by atoms with E-state index in [4.69, 9.17) is 17.3 Å². The van der Waals surface area contributed by atoms with Crippen LogP contribution in [0.4, 0.5) is 11.4 Å². The van der Waals surface area contributed by atoms with Gasteiger partial charge in [0.2, 0.25) is 5.91 Å². The fraction of sp³-hybridized carbons (Fsp3) is 0.0909. The van der Waals surface area contributed by atoms with Gasteiger partial charge in [0.05, 0.1) is 21.4 Å². The van der Waals surface area contributed by atoms with E-state index in [1.165, 1.54) is 4.68 Å². The zero-order chi connectivity index (χ0) is 13.1. The average Bonchev–Trinajstić information content (AvgIpc) is 2.69. The summed E-state index contributed by atoms with van der Waals surface area (Å²) in [5.41, 5.74) is 6.68. The highest BCUT2D eigenvalue weighted by molar-refractivity contribution is 9.10. The third kappa shape index (κ3) is 3.24. The number of rotatable bonds is 3. The number of aromatic nitrogens is 2. The Morgan fingerprint density at radius 1 is 1.56 bits per heavy atom. The molecule has 94 valence electrons. The standard InChI is InChI=1S/C11H10BrClN4O/c12-7-4-15-17(5-7)6-11(18)16-8-1-2-9(13)10(14)3-8/h1-5H,6,14H2,(H,16,18). The zero-order valence-electron chi connectivity index (χ0n) is 9.23. The number of nitrogens with zero attached hydrogens (tertiary/aromatic N) is 2. The molecule has 0 bridgehead atoms. The molecule has 3 N–H and O–H groups in total. The summed E-state index contributed by atoms with van der Waals surface area (Å²) >= 11 is 9.05. The number of carbonyl (C=O) groups excluding carboxylic acids is 1. The van der Waals surface area contributed by atoms with Crippen molar-refractivity contribution in [2.75, 3.05) is 11.1 Å². The van der Waals surface area contributed by atoms with Crippen LogP contribution in [-0.4, -0.2) is 15.7 Å². The van der Waals surface area contributed by atoms with Crippen LogP contribution < -0.4 is 11.1 Å². The molecule has 2 rings (SSSR count). The second-order valence-corrected chi connectivity index (χ2v) is 4.96. The number of carbonyl (C=O) groups is 1. The maximum atomic E-state index is 11.7. The summed E-state index contributed by atoms with van der Waals surface area (Å²) in [5.74, 6) is -0.188. The van der Waals surface area contributed by atoms with Crippen molar-refractivity contribution in [1.82, 2.24) is 9.78 Å². The summed E-state index contributed by atoms with van der Waals surface area (Å²) in [7, 11) is 0. The van der Waals surface area contributed by atoms with E-state index in [0.717, 1.165) is 4.47 Å². The molecule has 1 aromatic carbocycles. The Morgan fingerprint density at radius 2 is 2.33 bits per heavy atom. The molecular weight excluding hydrogens is 320 g/mol. The number of nitrogens with one attached hydrogen (secondary N) is 1. The number of nitrogens with two attached hydrogens (primary N) is 1. The second-order valence-electron chi connectivity index (χ2n) is 3.64. The van der Waals surface area contributed by atoms with Gasteiger partial charge in [-0.25, -0.2) is 0 Å². The number of nitrogen functional groups attached to an aromatic ring is 1. The topological polar surface area (TPSA) is 72.9 Å². The molecule has 1 aromatic heterocycles. The molecule has 0 radical (unpaired) electrons. The largest absolute Gasteiger partial charge is 0.397 e. The molecule has 0 aliphatic heterocycles. The van der Waals surface area contributed by atoms with Crippen molar-refractivity contribution in [3.63, 3.8) is 0 Å². The van der Waals surface area contributed by atoms with E-state index in [1.54, 1.807) is 30.6 Å². The maximum absolute atomic E-state index is 11.7. The lowest BCUT2D eigenvalue weighted by atomic mass is 10.3. The van der Waals surface area contributed by atoms with Crippen molar-refractivity contribution in [1.29, 1.82) is 0 Å². The van der Waals surface area contributed by atoms with Gasteiger partial charge in [0.15, 0.2) is 0 Å². The predicted octanol–water partition coefficient (Wildman–Crippen LogP) is 2.52. The molecule has 0 unspecified atom stereocenters. The number of amides is 1. The van der Waals surface area contributed by atoms with Crippen LogP contribution >= 0.6 is 27.5 Å². The van der Waals surface area contributed by atoms with E-state index >= 15 is 0 Å². The Balaban J connectivity index is 2.00. The molecule has 18 heavy (non-hydrogen) atoms. The molecule has 2 aromatic rings. The summed E-state index contributed by atoms with van der Waals surface area (Å²) < 4.78 is 2.35. The quantitative estimate of drug-likeness (QED) is 0.850. The van der Waals surface area contributed by atoms with Crippen LogP contribution in [-0.2, 0) is 11.3 Å². The van der Waals surface area contributed by atoms with Gasteiger partial charge in [0.1, 0.15) is 6.54 Å². The molecule has 5 nitrogen and oxygen atoms in total. The van der Waals surface area contributed by atoms with Gasteiger partial charge < -0.3 is 11.1 Å². The number of benzene rings is 1. The van der Waals surface area contributed by atoms with E-state index in [9.17, 15) is 4.79 Å². The van der Waals surface area contributed by atoms with Gasteiger partial charge in [-0.2, -0.15) is 5.10 Å². The minimum atomic E-state index is -0.188. The van der Waals surface area contributed by atoms with Gasteiger partial charge in [-0.3, -0.25) is 9.48 Å². The smallest absolute Gasteiger partial charge is 0.246 e. The average molecular weight is 330 g/mol. The zero-order valence-corrected chi connectivity index (χ0v) is 11.6. The van der Waals surface area contributed by atoms with E-state index in [2.05, 4.69) is 26.3 Å². The van der Waals surface area contributed by atoms with Gasteiger partial charge in [0, 0.05) is 11.9 Å². The highest BCUT2D eigenvalue weighted by Crippen LogP contribution is 2.22. The molecule has 0 atom stereocenters. The fourth-order valence-electron chi connectivity index (χ4n) is 1.39. The van der Waals surface area contributed by atoms with Crippen LogP contribution in [0, 0.1) is 0 Å². The molecule has 0 aliphatic rings. The fourth-order valence-corrected chi connectivity index (χ4v) is 1.84. The number of halogens is 2. The Bertz CT molecular complexity index is 584. The van der Waals surface area contributed by atoms with E-state index in [0.29, 0.717) is 16.4 Å². The first-order chi connectivity index (χ1) is 8.54. The van der Waals surface area contributed by atoms with Crippen LogP contribution in [0.15, 0.2) is 35.1 Å². The number of hydrogen-bond donors (Lipinski definition) is 2. The monoisotopic (exact) mass is 328 g/mol. The summed E-state index contributed by atoms with van der Waals surface area (Å²) in [5, 5.41) is 7.17. The summed E-state index contributed by atoms with van der Waals surface area (Å²) in [6.07, 6.45) is 3.34. The molecule has 1 heterocycles. The third-order valence-corrected chi connectivity index (χ3v) is 2.94. The molecular formula is C11H10BrClN4O. The van der Waals surface area contributed by atoms with Crippen LogP contribution in [0.3, 0.4) is 0 Å². The minimum Gasteiger partial charge on any atom is -0.397 e. The third-order valence-electron chi connectivity index (χ3n) is 2.19. The second kappa shape index (κ2) is 5.41. The molecule has 0 spiro atoms. The highest BCUT2D eigenvalue weighted by Gasteiger charge is 2.06. The van der Waals surface area contributed by atoms with Gasteiger partial charge in [-0.1, -0.05) is 11.6 Å². The van der Waals surface area contributed by atoms with E-state index in [-0.39, 0.29) is 12.5 Å². The van der Waals surface area contributed by atoms with Crippen molar-refractivity contribution < 1.29 is 4.79 Å². The van der Waals surface area contributed by atoms with Crippen LogP contribution in [0.25, 0.3) is 0 Å². The van der Waals surface area contributed by atoms with E-state index < -0.39 is 0 Å². The molecule has 0 saturated heterocycles. The van der Waals surface area contributed by atoms with Crippen molar-refractivity contribution in [3.8, 4) is 0 Å². The lowest BCUT2D eigenvalue weighted by Gasteiger charge is -2.06. The molecule has 0 aliphatic carbocycles. The molecule has 0 saturated carbocycles. The first-order valence-electron chi connectivity index (χ1n) is 5.07. The highest BCUT2D eigenvalue weighted by atomic mass is 79.9. The Hall–Kier alpha value is -1.53. The Labute approximate surface area is 117 Å². The van der Waals surface area contributed by atoms with Gasteiger partial charge in [0.25, 0.3) is 0 Å². The molecule has 0 fully saturated rings. The van der Waals surface area contributed by atoms with Crippen molar-refractivity contribution in [3.05, 3.63) is 40.1 Å². The van der Waals surface area contributed by atoms with E-state index in [1.807, 2.05) is 0 Å². The minimum absolute atomic E-state index is 0.133. The summed E-state index contributed by atoms with van der Waals surface area (Å²) in [4.78, 5) is 11.7. The lowest BCUT2D eigenvalue weighted by molar-refractivity contribution is -0.116. The van der Waals surface area contributed by atoms with Gasteiger partial charge in [-0.15, -0.1) is 0 Å². The first-order valence-corrected chi connectivity index (χ1v) is 6.24. The first kappa shape index (κ1) is 12.9. The molecule has 1 amide bonds. The van der Waals surface area contributed by atoms with Gasteiger partial charge in [-0.05, 0) is 34.1 Å². The number of hydrogen-bond acceptors (Lipinski definition) is 3. The van der Waals surface area contributed by atoms with Crippen molar-refractivity contribution in [2.45, 2.75) is 6.54 Å². The predicted molar refractivity (Wildman–Crippen MR) is 74.4 cm³/mol. The lowest BCUT2D eigenvalue weighted by Crippen LogP contribution is -2.19. The summed E-state index contributed by atoms with van der Waals surface area (Å²) in [6, 6.07) is 4.94. The maximum Gasteiger partial charge on any atom is 0.246 e. The van der Waals surface area contributed by atoms with Crippen molar-refractivity contribution >= 4 is 44.8 Å². The normalized spacial score (nSPS) is 10.3. The van der Waals surface area contributed by atoms with Gasteiger partial charge >= 0.3 is 0 Å². The Morgan fingerprint density at radius 3 is 2.94 bits per heavy atom. The number of anilines is 2. The SMILES string of the molecule is Nc1cc(NC(=O)Cn2cc(Br)cn2)ccc1Cl. The summed E-state index contributed by atoms with van der Waals surface area (Å²) in [6.45, 7) is 0.133. The molecule has 7 heteroatoms. The van der Waals surface area contributed by atoms with Crippen LogP contribution in [0.2, 0.25) is 5.02 Å². The van der Waals surface area contributed by atoms with Crippen LogP contribution in [0.1, 0.15) is 0 Å². The Kier molecular flexibility index (Phi) is 3.88. The van der Waals surface area contributed by atoms with Crippen molar-refractivity contribution in [2.24, 2.45) is 0 Å².